The third kappa shape index (κ3) is 16.4. The van der Waals surface area contributed by atoms with Gasteiger partial charge >= 0.3 is 12.2 Å². The van der Waals surface area contributed by atoms with Crippen LogP contribution in [0.5, 0.6) is 0 Å². The molecule has 0 unspecified atom stereocenters. The van der Waals surface area contributed by atoms with Crippen molar-refractivity contribution in [2.45, 2.75) is 129 Å². The molecule has 0 heterocycles. The van der Waals surface area contributed by atoms with Crippen molar-refractivity contribution in [3.05, 3.63) is 71.8 Å². The van der Waals surface area contributed by atoms with Crippen LogP contribution >= 0.6 is 0 Å². The Morgan fingerprint density at radius 1 is 0.673 bits per heavy atom. The van der Waals surface area contributed by atoms with Crippen LogP contribution in [0.3, 0.4) is 0 Å². The molecule has 2 aliphatic carbocycles. The monoisotopic (exact) mass is 760 g/mol. The zero-order chi connectivity index (χ0) is 40.2. The Morgan fingerprint density at radius 2 is 1.09 bits per heavy atom. The number of alkyl carbamates (subject to hydrolysis) is 2. The van der Waals surface area contributed by atoms with Crippen LogP contribution in [0.4, 0.5) is 9.59 Å². The van der Waals surface area contributed by atoms with Gasteiger partial charge in [-0.25, -0.2) is 9.59 Å². The third-order valence-electron chi connectivity index (χ3n) is 9.78. The minimum Gasteiger partial charge on any atom is -0.445 e. The normalized spacial score (nSPS) is 20.3. The molecule has 300 valence electrons. The fourth-order valence-electron chi connectivity index (χ4n) is 6.96. The van der Waals surface area contributed by atoms with E-state index in [1.807, 2.05) is 88.4 Å². The van der Waals surface area contributed by atoms with Crippen LogP contribution in [-0.2, 0) is 37.1 Å². The molecule has 6 atom stereocenters. The average molecular weight is 761 g/mol. The lowest BCUT2D eigenvalue weighted by Crippen LogP contribution is -2.53. The van der Waals surface area contributed by atoms with E-state index in [2.05, 4.69) is 27.3 Å². The summed E-state index contributed by atoms with van der Waals surface area (Å²) in [6.45, 7) is 8.34. The van der Waals surface area contributed by atoms with Crippen molar-refractivity contribution < 1.29 is 33.4 Å². The summed E-state index contributed by atoms with van der Waals surface area (Å²) in [5, 5.41) is 20.5. The van der Waals surface area contributed by atoms with Crippen molar-refractivity contribution in [2.75, 3.05) is 0 Å². The smallest absolute Gasteiger partial charge is 0.407 e. The molecule has 13 heteroatoms. The molecule has 0 aromatic heterocycles. The van der Waals surface area contributed by atoms with Gasteiger partial charge in [-0.05, 0) is 61.5 Å². The number of amides is 5. The van der Waals surface area contributed by atoms with Gasteiger partial charge in [-0.1, -0.05) is 114 Å². The second-order valence-corrected chi connectivity index (χ2v) is 15.3. The van der Waals surface area contributed by atoms with Gasteiger partial charge in [0.2, 0.25) is 17.7 Å². The van der Waals surface area contributed by atoms with E-state index < -0.39 is 36.1 Å². The number of nitriles is 1. The first-order valence-electron chi connectivity index (χ1n) is 19.6. The Labute approximate surface area is 325 Å². The summed E-state index contributed by atoms with van der Waals surface area (Å²) in [6.07, 6.45) is 6.58. The molecule has 2 aliphatic rings. The molecule has 6 N–H and O–H groups in total. The number of nitrogens with two attached hydrogens (primary N) is 1. The lowest BCUT2D eigenvalue weighted by atomic mass is 9.83. The molecule has 0 radical (unpaired) electrons. The minimum absolute atomic E-state index is 0.157. The number of hydrogen-bond donors (Lipinski definition) is 5. The van der Waals surface area contributed by atoms with Gasteiger partial charge in [0, 0.05) is 12.1 Å². The summed E-state index contributed by atoms with van der Waals surface area (Å²) in [5.74, 6) is -1.11. The predicted molar refractivity (Wildman–Crippen MR) is 209 cm³/mol. The third-order valence-corrected chi connectivity index (χ3v) is 9.78. The maximum Gasteiger partial charge on any atom is 0.407 e. The molecule has 0 spiro atoms. The van der Waals surface area contributed by atoms with E-state index >= 15 is 0 Å². The first kappa shape index (κ1) is 44.3. The van der Waals surface area contributed by atoms with Crippen LogP contribution in [0.1, 0.15) is 103 Å². The summed E-state index contributed by atoms with van der Waals surface area (Å²) in [4.78, 5) is 61.4. The Hall–Kier alpha value is -5.12. The molecule has 2 aromatic carbocycles. The van der Waals surface area contributed by atoms with Crippen LogP contribution < -0.4 is 27.0 Å². The molecular weight excluding hydrogens is 700 g/mol. The van der Waals surface area contributed by atoms with E-state index in [1.165, 1.54) is 0 Å². The summed E-state index contributed by atoms with van der Waals surface area (Å²) in [6, 6.07) is 19.3. The molecule has 2 saturated carbocycles. The lowest BCUT2D eigenvalue weighted by molar-refractivity contribution is -0.131. The van der Waals surface area contributed by atoms with E-state index in [0.717, 1.165) is 43.2 Å². The largest absolute Gasteiger partial charge is 0.445 e. The topological polar surface area (TPSA) is 202 Å². The fourth-order valence-corrected chi connectivity index (χ4v) is 6.96. The highest BCUT2D eigenvalue weighted by atomic mass is 16.6. The van der Waals surface area contributed by atoms with Crippen molar-refractivity contribution in [1.82, 2.24) is 21.3 Å². The zero-order valence-electron chi connectivity index (χ0n) is 32.8. The molecule has 2 fully saturated rings. The molecule has 4 rings (SSSR count). The SMILES string of the molecule is CC(C)C[C@@H](C#N)NC(=O)[C@@H]1CCCC[C@@H]1NC(=O)OCc1ccccc1.CC(C)C[C@H](NC(=O)[C@@H]1CCCC[C@@H]1NC(=O)OCc1ccccc1)C(N)=O. The van der Waals surface area contributed by atoms with Gasteiger partial charge in [0.15, 0.2) is 0 Å². The number of hydrogen-bond acceptors (Lipinski definition) is 8. The predicted octanol–water partition coefficient (Wildman–Crippen LogP) is 6.01. The molecule has 0 aliphatic heterocycles. The van der Waals surface area contributed by atoms with E-state index in [4.69, 9.17) is 15.2 Å². The molecule has 2 aromatic rings. The van der Waals surface area contributed by atoms with Gasteiger partial charge in [0.1, 0.15) is 25.3 Å². The van der Waals surface area contributed by atoms with Crippen LogP contribution in [0.2, 0.25) is 0 Å². The summed E-state index contributed by atoms with van der Waals surface area (Å²) >= 11 is 0. The number of carbonyl (C=O) groups is 5. The number of nitrogens with one attached hydrogen (secondary N) is 4. The van der Waals surface area contributed by atoms with Gasteiger partial charge in [0.05, 0.1) is 17.9 Å². The van der Waals surface area contributed by atoms with Crippen molar-refractivity contribution in [2.24, 2.45) is 29.4 Å². The summed E-state index contributed by atoms with van der Waals surface area (Å²) in [5.41, 5.74) is 7.24. The van der Waals surface area contributed by atoms with E-state index in [-0.39, 0.29) is 48.9 Å². The standard InChI is InChI=1S/C21H31N3O4.C21H29N3O3/c1-14(2)12-18(19(22)25)23-20(26)16-10-6-7-11-17(16)24-21(27)28-13-15-8-4-3-5-9-15;1-15(2)12-17(13-22)23-20(25)18-10-6-7-11-19(18)24-21(26)27-14-16-8-4-3-5-9-16/h3-5,8-9,14,16-18H,6-7,10-13H2,1-2H3,(H2,22,25)(H,23,26)(H,24,27);3-5,8-9,15,17-19H,6-7,10-12,14H2,1-2H3,(H,23,25)(H,24,26)/t16-,17+,18+;17-,18+,19-/m10/s1. The first-order chi connectivity index (χ1) is 26.4. The van der Waals surface area contributed by atoms with Crippen molar-refractivity contribution in [3.8, 4) is 6.07 Å². The number of primary amides is 1. The maximum atomic E-state index is 12.8. The van der Waals surface area contributed by atoms with Gasteiger partial charge in [0.25, 0.3) is 0 Å². The second-order valence-electron chi connectivity index (χ2n) is 15.3. The van der Waals surface area contributed by atoms with E-state index in [1.54, 1.807) is 0 Å². The summed E-state index contributed by atoms with van der Waals surface area (Å²) in [7, 11) is 0. The second kappa shape index (κ2) is 23.6. The highest BCUT2D eigenvalue weighted by Crippen LogP contribution is 2.26. The number of benzene rings is 2. The van der Waals surface area contributed by atoms with E-state index in [9.17, 15) is 29.2 Å². The van der Waals surface area contributed by atoms with Crippen LogP contribution in [-0.4, -0.2) is 54.1 Å². The maximum absolute atomic E-state index is 12.8. The molecule has 0 bridgehead atoms. The molecule has 55 heavy (non-hydrogen) atoms. The van der Waals surface area contributed by atoms with Gasteiger partial charge in [-0.15, -0.1) is 0 Å². The Balaban J connectivity index is 0.000000296. The van der Waals surface area contributed by atoms with Crippen LogP contribution in [0.25, 0.3) is 0 Å². The first-order valence-corrected chi connectivity index (χ1v) is 19.6. The Kier molecular flexibility index (Phi) is 19.0. The molecule has 0 saturated heterocycles. The fraction of sp³-hybridized carbons (Fsp3) is 0.571. The van der Waals surface area contributed by atoms with Crippen molar-refractivity contribution >= 4 is 29.9 Å². The van der Waals surface area contributed by atoms with Gasteiger partial charge < -0.3 is 36.5 Å². The van der Waals surface area contributed by atoms with Gasteiger partial charge in [-0.2, -0.15) is 5.26 Å². The van der Waals surface area contributed by atoms with Crippen molar-refractivity contribution in [1.29, 1.82) is 5.26 Å². The lowest BCUT2D eigenvalue weighted by Gasteiger charge is -2.32. The average Bonchev–Trinajstić information content (AvgIpc) is 3.16. The molecule has 5 amide bonds. The minimum atomic E-state index is -0.694. The highest BCUT2D eigenvalue weighted by molar-refractivity contribution is 5.88. The molecular formula is C42H60N6O7. The number of nitrogens with zero attached hydrogens (tertiary/aromatic N) is 1. The summed E-state index contributed by atoms with van der Waals surface area (Å²) < 4.78 is 10.6. The van der Waals surface area contributed by atoms with Crippen molar-refractivity contribution in [3.63, 3.8) is 0 Å². The van der Waals surface area contributed by atoms with Crippen LogP contribution in [0.15, 0.2) is 60.7 Å². The Bertz CT molecular complexity index is 1550. The molecule has 13 nitrogen and oxygen atoms in total. The number of ether oxygens (including phenoxy) is 2. The number of rotatable bonds is 15. The zero-order valence-corrected chi connectivity index (χ0v) is 32.8. The quantitative estimate of drug-likeness (QED) is 0.145. The van der Waals surface area contributed by atoms with E-state index in [0.29, 0.717) is 38.0 Å². The number of carbonyl (C=O) groups excluding carboxylic acids is 5. The van der Waals surface area contributed by atoms with Crippen LogP contribution in [0, 0.1) is 35.0 Å². The Morgan fingerprint density at radius 3 is 1.49 bits per heavy atom. The van der Waals surface area contributed by atoms with Gasteiger partial charge in [-0.3, -0.25) is 14.4 Å². The highest BCUT2D eigenvalue weighted by Gasteiger charge is 2.35.